The van der Waals surface area contributed by atoms with E-state index in [1.54, 1.807) is 0 Å². The Balaban J connectivity index is 1.81. The second-order valence-electron chi connectivity index (χ2n) is 5.15. The topological polar surface area (TPSA) is 114 Å². The highest BCUT2D eigenvalue weighted by atomic mass is 32.1. The molecule has 10 heteroatoms. The lowest BCUT2D eigenvalue weighted by molar-refractivity contribution is -0.126. The zero-order chi connectivity index (χ0) is 17.4. The number of nitrogens with one attached hydrogen (secondary N) is 1. The van der Waals surface area contributed by atoms with Crippen LogP contribution in [0.15, 0.2) is 0 Å². The molecule has 0 bridgehead atoms. The van der Waals surface area contributed by atoms with Gasteiger partial charge in [0.25, 0.3) is 0 Å². The van der Waals surface area contributed by atoms with Crippen molar-refractivity contribution in [3.05, 3.63) is 5.01 Å². The molecule has 1 atom stereocenters. The number of aliphatic hydroxyl groups excluding tert-OH is 1. The third-order valence-corrected chi connectivity index (χ3v) is 4.31. The molecule has 1 saturated heterocycles. The van der Waals surface area contributed by atoms with E-state index in [-0.39, 0.29) is 31.4 Å². The molecule has 1 unspecified atom stereocenters. The van der Waals surface area contributed by atoms with Crippen molar-refractivity contribution in [3.63, 3.8) is 0 Å². The SMILES string of the molecule is CCOCc1nnc(N2CC(C(=O)NCCOCCO)CC2=O)s1. The lowest BCUT2D eigenvalue weighted by atomic mass is 10.1. The average Bonchev–Trinajstić information content (AvgIpc) is 3.19. The van der Waals surface area contributed by atoms with Gasteiger partial charge < -0.3 is 19.9 Å². The van der Waals surface area contributed by atoms with Crippen LogP contribution in [-0.2, 0) is 25.7 Å². The molecule has 0 aromatic carbocycles. The molecule has 2 amide bonds. The van der Waals surface area contributed by atoms with Crippen molar-refractivity contribution in [1.82, 2.24) is 15.5 Å². The van der Waals surface area contributed by atoms with Gasteiger partial charge in [-0.05, 0) is 6.92 Å². The van der Waals surface area contributed by atoms with Crippen LogP contribution in [0.5, 0.6) is 0 Å². The first-order chi connectivity index (χ1) is 11.7. The van der Waals surface area contributed by atoms with Gasteiger partial charge in [0.2, 0.25) is 16.9 Å². The van der Waals surface area contributed by atoms with E-state index in [0.717, 1.165) is 0 Å². The summed E-state index contributed by atoms with van der Waals surface area (Å²) >= 11 is 1.30. The summed E-state index contributed by atoms with van der Waals surface area (Å²) in [6, 6.07) is 0. The summed E-state index contributed by atoms with van der Waals surface area (Å²) in [5.74, 6) is -0.724. The number of aliphatic hydroxyl groups is 1. The number of amides is 2. The van der Waals surface area contributed by atoms with Gasteiger partial charge in [-0.1, -0.05) is 11.3 Å². The molecule has 0 saturated carbocycles. The third kappa shape index (κ3) is 5.20. The summed E-state index contributed by atoms with van der Waals surface area (Å²) in [6.07, 6.45) is 0.156. The van der Waals surface area contributed by atoms with Crippen LogP contribution < -0.4 is 10.2 Å². The summed E-state index contributed by atoms with van der Waals surface area (Å²) in [5.41, 5.74) is 0. The maximum Gasteiger partial charge on any atom is 0.229 e. The second-order valence-corrected chi connectivity index (χ2v) is 6.19. The Kier molecular flexibility index (Phi) is 7.50. The van der Waals surface area contributed by atoms with Gasteiger partial charge in [-0.15, -0.1) is 10.2 Å². The van der Waals surface area contributed by atoms with Crippen molar-refractivity contribution in [2.75, 3.05) is 44.4 Å². The first kappa shape index (κ1) is 18.7. The molecule has 1 fully saturated rings. The number of carbonyl (C=O) groups is 2. The zero-order valence-corrected chi connectivity index (χ0v) is 14.4. The summed E-state index contributed by atoms with van der Waals surface area (Å²) in [4.78, 5) is 25.7. The van der Waals surface area contributed by atoms with Crippen molar-refractivity contribution in [1.29, 1.82) is 0 Å². The van der Waals surface area contributed by atoms with Gasteiger partial charge in [0, 0.05) is 26.1 Å². The molecule has 9 nitrogen and oxygen atoms in total. The minimum atomic E-state index is -0.408. The summed E-state index contributed by atoms with van der Waals surface area (Å²) in [5, 5.41) is 20.5. The molecule has 0 aliphatic carbocycles. The summed E-state index contributed by atoms with van der Waals surface area (Å²) in [6.45, 7) is 4.01. The molecule has 1 aromatic heterocycles. The highest BCUT2D eigenvalue weighted by Gasteiger charge is 2.36. The molecule has 0 spiro atoms. The third-order valence-electron chi connectivity index (χ3n) is 3.39. The minimum absolute atomic E-state index is 0.0484. The largest absolute Gasteiger partial charge is 0.394 e. The standard InChI is InChI=1S/C14H22N4O5S/c1-2-22-9-11-16-17-14(24-11)18-8-10(7-12(18)20)13(21)15-3-5-23-6-4-19/h10,19H,2-9H2,1H3,(H,15,21). The van der Waals surface area contributed by atoms with E-state index in [2.05, 4.69) is 15.5 Å². The van der Waals surface area contributed by atoms with Crippen LogP contribution in [0.3, 0.4) is 0 Å². The lowest BCUT2D eigenvalue weighted by Crippen LogP contribution is -2.35. The van der Waals surface area contributed by atoms with Crippen molar-refractivity contribution < 1.29 is 24.2 Å². The number of hydrogen-bond acceptors (Lipinski definition) is 8. The fourth-order valence-electron chi connectivity index (χ4n) is 2.23. The molecule has 2 heterocycles. The van der Waals surface area contributed by atoms with Crippen molar-refractivity contribution in [3.8, 4) is 0 Å². The smallest absolute Gasteiger partial charge is 0.229 e. The average molecular weight is 358 g/mol. The van der Waals surface area contributed by atoms with Crippen molar-refractivity contribution in [2.24, 2.45) is 5.92 Å². The fourth-order valence-corrected chi connectivity index (χ4v) is 3.03. The van der Waals surface area contributed by atoms with Crippen LogP contribution in [0.1, 0.15) is 18.4 Å². The van der Waals surface area contributed by atoms with Crippen molar-refractivity contribution in [2.45, 2.75) is 20.0 Å². The Hall–Kier alpha value is -1.62. The van der Waals surface area contributed by atoms with Crippen LogP contribution in [0, 0.1) is 5.92 Å². The number of nitrogens with zero attached hydrogens (tertiary/aromatic N) is 3. The molecule has 0 radical (unpaired) electrons. The van der Waals surface area contributed by atoms with Crippen molar-refractivity contribution >= 4 is 28.3 Å². The van der Waals surface area contributed by atoms with Crippen LogP contribution in [0.25, 0.3) is 0 Å². The van der Waals surface area contributed by atoms with E-state index in [1.165, 1.54) is 16.2 Å². The quantitative estimate of drug-likeness (QED) is 0.545. The van der Waals surface area contributed by atoms with Gasteiger partial charge in [-0.2, -0.15) is 0 Å². The Labute approximate surface area is 144 Å². The Morgan fingerprint density at radius 1 is 1.42 bits per heavy atom. The number of carbonyl (C=O) groups excluding carboxylic acids is 2. The molecular formula is C14H22N4O5S. The van der Waals surface area contributed by atoms with E-state index in [1.807, 2.05) is 6.92 Å². The maximum atomic E-state index is 12.1. The number of hydrogen-bond donors (Lipinski definition) is 2. The molecule has 134 valence electrons. The number of ether oxygens (including phenoxy) is 2. The van der Waals surface area contributed by atoms with Gasteiger partial charge in [-0.3, -0.25) is 14.5 Å². The van der Waals surface area contributed by atoms with Crippen LogP contribution in [-0.4, -0.2) is 66.6 Å². The molecular weight excluding hydrogens is 336 g/mol. The monoisotopic (exact) mass is 358 g/mol. The lowest BCUT2D eigenvalue weighted by Gasteiger charge is -2.12. The Morgan fingerprint density at radius 2 is 2.25 bits per heavy atom. The maximum absolute atomic E-state index is 12.1. The van der Waals surface area contributed by atoms with Crippen LogP contribution >= 0.6 is 11.3 Å². The number of aromatic nitrogens is 2. The van der Waals surface area contributed by atoms with E-state index in [4.69, 9.17) is 14.6 Å². The molecule has 2 rings (SSSR count). The number of anilines is 1. The minimum Gasteiger partial charge on any atom is -0.394 e. The van der Waals surface area contributed by atoms with Gasteiger partial charge in [0.1, 0.15) is 11.6 Å². The van der Waals surface area contributed by atoms with Gasteiger partial charge in [0.15, 0.2) is 0 Å². The number of rotatable bonds is 10. The predicted octanol–water partition coefficient (Wildman–Crippen LogP) is -0.447. The first-order valence-corrected chi connectivity index (χ1v) is 8.64. The second kappa shape index (κ2) is 9.62. The van der Waals surface area contributed by atoms with E-state index in [0.29, 0.717) is 43.0 Å². The predicted molar refractivity (Wildman–Crippen MR) is 86.6 cm³/mol. The fraction of sp³-hybridized carbons (Fsp3) is 0.714. The van der Waals surface area contributed by atoms with Gasteiger partial charge >= 0.3 is 0 Å². The molecule has 1 aliphatic heterocycles. The molecule has 2 N–H and O–H groups in total. The van der Waals surface area contributed by atoms with Crippen LogP contribution in [0.4, 0.5) is 5.13 Å². The van der Waals surface area contributed by atoms with Crippen LogP contribution in [0.2, 0.25) is 0 Å². The molecule has 1 aromatic rings. The highest BCUT2D eigenvalue weighted by Crippen LogP contribution is 2.28. The van der Waals surface area contributed by atoms with E-state index < -0.39 is 5.92 Å². The Morgan fingerprint density at radius 3 is 3.00 bits per heavy atom. The van der Waals surface area contributed by atoms with Gasteiger partial charge in [-0.25, -0.2) is 0 Å². The normalized spacial score (nSPS) is 17.5. The van der Waals surface area contributed by atoms with E-state index in [9.17, 15) is 9.59 Å². The Bertz CT molecular complexity index is 553. The molecule has 24 heavy (non-hydrogen) atoms. The summed E-state index contributed by atoms with van der Waals surface area (Å²) < 4.78 is 10.3. The molecule has 1 aliphatic rings. The highest BCUT2D eigenvalue weighted by molar-refractivity contribution is 7.15. The van der Waals surface area contributed by atoms with Gasteiger partial charge in [0.05, 0.1) is 25.7 Å². The first-order valence-electron chi connectivity index (χ1n) is 7.82. The summed E-state index contributed by atoms with van der Waals surface area (Å²) in [7, 11) is 0. The zero-order valence-electron chi connectivity index (χ0n) is 13.6. The van der Waals surface area contributed by atoms with E-state index >= 15 is 0 Å².